The van der Waals surface area contributed by atoms with Gasteiger partial charge in [-0.1, -0.05) is 25.0 Å². The van der Waals surface area contributed by atoms with Crippen molar-refractivity contribution in [2.45, 2.75) is 50.5 Å². The first-order chi connectivity index (χ1) is 11.0. The Balaban J connectivity index is 1.58. The van der Waals surface area contributed by atoms with E-state index in [1.54, 1.807) is 4.90 Å². The third kappa shape index (κ3) is 3.39. The zero-order valence-corrected chi connectivity index (χ0v) is 13.2. The van der Waals surface area contributed by atoms with Gasteiger partial charge in [0.15, 0.2) is 11.6 Å². The highest BCUT2D eigenvalue weighted by molar-refractivity contribution is 5.76. The lowest BCUT2D eigenvalue weighted by molar-refractivity contribution is -0.143. The van der Waals surface area contributed by atoms with Crippen LogP contribution < -0.4 is 0 Å². The Morgan fingerprint density at radius 1 is 1.30 bits per heavy atom. The number of carbonyl (C=O) groups is 1. The van der Waals surface area contributed by atoms with E-state index in [2.05, 4.69) is 0 Å². The van der Waals surface area contributed by atoms with Crippen molar-refractivity contribution in [3.05, 3.63) is 35.4 Å². The van der Waals surface area contributed by atoms with Crippen molar-refractivity contribution in [2.75, 3.05) is 13.1 Å². The molecule has 1 aliphatic heterocycles. The number of piperidine rings is 1. The van der Waals surface area contributed by atoms with Gasteiger partial charge in [-0.25, -0.2) is 8.78 Å². The SMILES string of the molecule is O=C(CCc1cccc(F)c1F)N1CC[C@@]2(O)CCCC[C@H]2C1. The standard InChI is InChI=1S/C18H23F2NO2/c19-15-6-3-4-13(17(15)20)7-8-16(22)21-11-10-18(23)9-2-1-5-14(18)12-21/h3-4,6,14,23H,1-2,5,7-12H2/t14-,18-/m0/s1. The number of likely N-dealkylation sites (tertiary alicyclic amines) is 1. The molecular weight excluding hydrogens is 300 g/mol. The minimum absolute atomic E-state index is 0.0405. The van der Waals surface area contributed by atoms with E-state index in [0.717, 1.165) is 31.7 Å². The number of nitrogens with zero attached hydrogens (tertiary/aromatic N) is 1. The average molecular weight is 323 g/mol. The van der Waals surface area contributed by atoms with E-state index in [1.807, 2.05) is 0 Å². The highest BCUT2D eigenvalue weighted by atomic mass is 19.2. The molecular formula is C18H23F2NO2. The number of halogens is 2. The summed E-state index contributed by atoms with van der Waals surface area (Å²) in [5.41, 5.74) is -0.367. The second-order valence-electron chi connectivity index (χ2n) is 6.85. The fourth-order valence-electron chi connectivity index (χ4n) is 3.94. The van der Waals surface area contributed by atoms with Crippen LogP contribution >= 0.6 is 0 Å². The molecule has 1 aromatic carbocycles. The molecule has 0 bridgehead atoms. The zero-order valence-electron chi connectivity index (χ0n) is 13.2. The van der Waals surface area contributed by atoms with Gasteiger partial charge in [-0.05, 0) is 37.3 Å². The number of benzene rings is 1. The summed E-state index contributed by atoms with van der Waals surface area (Å²) in [6, 6.07) is 4.05. The third-order valence-electron chi connectivity index (χ3n) is 5.42. The number of rotatable bonds is 3. The molecule has 1 N–H and O–H groups in total. The van der Waals surface area contributed by atoms with Crippen molar-refractivity contribution >= 4 is 5.91 Å². The average Bonchev–Trinajstić information content (AvgIpc) is 2.55. The normalized spacial score (nSPS) is 27.6. The summed E-state index contributed by atoms with van der Waals surface area (Å²) in [7, 11) is 0. The first-order valence-electron chi connectivity index (χ1n) is 8.43. The van der Waals surface area contributed by atoms with Crippen LogP contribution in [0.4, 0.5) is 8.78 Å². The zero-order chi connectivity index (χ0) is 16.4. The van der Waals surface area contributed by atoms with Gasteiger partial charge in [0.1, 0.15) is 0 Å². The van der Waals surface area contributed by atoms with E-state index in [4.69, 9.17) is 0 Å². The molecule has 2 atom stereocenters. The molecule has 1 heterocycles. The third-order valence-corrected chi connectivity index (χ3v) is 5.42. The number of aliphatic hydroxyl groups is 1. The first kappa shape index (κ1) is 16.4. The molecule has 1 aromatic rings. The van der Waals surface area contributed by atoms with Gasteiger partial charge in [-0.2, -0.15) is 0 Å². The van der Waals surface area contributed by atoms with E-state index < -0.39 is 17.2 Å². The van der Waals surface area contributed by atoms with Crippen LogP contribution in [0, 0.1) is 17.6 Å². The van der Waals surface area contributed by atoms with Crippen LogP contribution in [0.25, 0.3) is 0 Å². The molecule has 1 saturated heterocycles. The van der Waals surface area contributed by atoms with E-state index in [0.29, 0.717) is 19.5 Å². The molecule has 1 aliphatic carbocycles. The Morgan fingerprint density at radius 3 is 2.96 bits per heavy atom. The molecule has 126 valence electrons. The van der Waals surface area contributed by atoms with Crippen LogP contribution in [0.5, 0.6) is 0 Å². The maximum atomic E-state index is 13.6. The molecule has 5 heteroatoms. The number of fused-ring (bicyclic) bond motifs is 1. The largest absolute Gasteiger partial charge is 0.389 e. The molecule has 23 heavy (non-hydrogen) atoms. The van der Waals surface area contributed by atoms with Gasteiger partial charge in [0, 0.05) is 25.4 Å². The van der Waals surface area contributed by atoms with Crippen LogP contribution in [-0.2, 0) is 11.2 Å². The number of aryl methyl sites for hydroxylation is 1. The van der Waals surface area contributed by atoms with Gasteiger partial charge in [-0.3, -0.25) is 4.79 Å². The molecule has 2 fully saturated rings. The number of amides is 1. The minimum atomic E-state index is -0.875. The quantitative estimate of drug-likeness (QED) is 0.929. The molecule has 1 saturated carbocycles. The van der Waals surface area contributed by atoms with Gasteiger partial charge in [0.25, 0.3) is 0 Å². The highest BCUT2D eigenvalue weighted by Gasteiger charge is 2.43. The van der Waals surface area contributed by atoms with Gasteiger partial charge in [0.05, 0.1) is 5.60 Å². The van der Waals surface area contributed by atoms with Crippen molar-refractivity contribution in [1.82, 2.24) is 4.90 Å². The lowest BCUT2D eigenvalue weighted by Crippen LogP contribution is -2.54. The molecule has 2 aliphatic rings. The maximum Gasteiger partial charge on any atom is 0.222 e. The fourth-order valence-corrected chi connectivity index (χ4v) is 3.94. The summed E-state index contributed by atoms with van der Waals surface area (Å²) in [5, 5.41) is 10.6. The molecule has 0 spiro atoms. The van der Waals surface area contributed by atoms with Crippen molar-refractivity contribution in [2.24, 2.45) is 5.92 Å². The molecule has 0 aromatic heterocycles. The molecule has 0 radical (unpaired) electrons. The van der Waals surface area contributed by atoms with Crippen LogP contribution in [-0.4, -0.2) is 34.6 Å². The lowest BCUT2D eigenvalue weighted by Gasteiger charge is -2.47. The van der Waals surface area contributed by atoms with E-state index in [-0.39, 0.29) is 30.2 Å². The summed E-state index contributed by atoms with van der Waals surface area (Å²) >= 11 is 0. The Hall–Kier alpha value is -1.49. The van der Waals surface area contributed by atoms with Gasteiger partial charge in [-0.15, -0.1) is 0 Å². The minimum Gasteiger partial charge on any atom is -0.389 e. The molecule has 1 amide bonds. The second kappa shape index (κ2) is 6.56. The van der Waals surface area contributed by atoms with E-state index in [1.165, 1.54) is 12.1 Å². The van der Waals surface area contributed by atoms with Crippen LogP contribution in [0.1, 0.15) is 44.1 Å². The molecule has 3 rings (SSSR count). The van der Waals surface area contributed by atoms with Gasteiger partial charge in [0.2, 0.25) is 5.91 Å². The predicted octanol–water partition coefficient (Wildman–Crippen LogP) is 3.05. The number of hydrogen-bond acceptors (Lipinski definition) is 2. The Morgan fingerprint density at radius 2 is 2.13 bits per heavy atom. The fraction of sp³-hybridized carbons (Fsp3) is 0.611. The molecule has 0 unspecified atom stereocenters. The summed E-state index contributed by atoms with van der Waals surface area (Å²) < 4.78 is 26.8. The first-order valence-corrected chi connectivity index (χ1v) is 8.43. The van der Waals surface area contributed by atoms with Gasteiger partial charge >= 0.3 is 0 Å². The maximum absolute atomic E-state index is 13.6. The topological polar surface area (TPSA) is 40.5 Å². The monoisotopic (exact) mass is 323 g/mol. The summed E-state index contributed by atoms with van der Waals surface area (Å²) in [4.78, 5) is 14.2. The van der Waals surface area contributed by atoms with Crippen LogP contribution in [0.2, 0.25) is 0 Å². The summed E-state index contributed by atoms with van der Waals surface area (Å²) in [5.74, 6) is -1.62. The lowest BCUT2D eigenvalue weighted by atomic mass is 9.71. The van der Waals surface area contributed by atoms with Crippen LogP contribution in [0.3, 0.4) is 0 Å². The van der Waals surface area contributed by atoms with Gasteiger partial charge < -0.3 is 10.0 Å². The van der Waals surface area contributed by atoms with Crippen molar-refractivity contribution in [3.8, 4) is 0 Å². The Kier molecular flexibility index (Phi) is 4.67. The Bertz CT molecular complexity index is 592. The summed E-state index contributed by atoms with van der Waals surface area (Å²) in [6.07, 6.45) is 4.94. The highest BCUT2D eigenvalue weighted by Crippen LogP contribution is 2.39. The van der Waals surface area contributed by atoms with E-state index in [9.17, 15) is 18.7 Å². The number of carbonyl (C=O) groups excluding carboxylic acids is 1. The number of hydrogen-bond donors (Lipinski definition) is 1. The molecule has 3 nitrogen and oxygen atoms in total. The predicted molar refractivity (Wildman–Crippen MR) is 82.8 cm³/mol. The van der Waals surface area contributed by atoms with Crippen LogP contribution in [0.15, 0.2) is 18.2 Å². The summed E-state index contributed by atoms with van der Waals surface area (Å²) in [6.45, 7) is 1.14. The van der Waals surface area contributed by atoms with E-state index >= 15 is 0 Å². The second-order valence-corrected chi connectivity index (χ2v) is 6.85. The Labute approximate surface area is 135 Å². The smallest absolute Gasteiger partial charge is 0.222 e. The van der Waals surface area contributed by atoms with Crippen molar-refractivity contribution < 1.29 is 18.7 Å². The van der Waals surface area contributed by atoms with Crippen molar-refractivity contribution in [3.63, 3.8) is 0 Å². The van der Waals surface area contributed by atoms with Crippen molar-refractivity contribution in [1.29, 1.82) is 0 Å².